The molecule has 0 amide bonds. The van der Waals surface area contributed by atoms with E-state index in [1.807, 2.05) is 17.5 Å². The van der Waals surface area contributed by atoms with Gasteiger partial charge in [0.1, 0.15) is 0 Å². The van der Waals surface area contributed by atoms with Crippen LogP contribution in [0.25, 0.3) is 0 Å². The van der Waals surface area contributed by atoms with Crippen molar-refractivity contribution in [1.29, 1.82) is 0 Å². The average molecular weight is 306 g/mol. The van der Waals surface area contributed by atoms with Crippen molar-refractivity contribution in [3.63, 3.8) is 0 Å². The summed E-state index contributed by atoms with van der Waals surface area (Å²) >= 11 is 1.64. The molecule has 1 aromatic carbocycles. The molecule has 0 bridgehead atoms. The van der Waals surface area contributed by atoms with Gasteiger partial charge in [0.05, 0.1) is 10.5 Å². The lowest BCUT2D eigenvalue weighted by Gasteiger charge is -2.10. The minimum Gasteiger partial charge on any atom is -0.478 e. The van der Waals surface area contributed by atoms with Crippen LogP contribution in [0.1, 0.15) is 20.8 Å². The van der Waals surface area contributed by atoms with E-state index in [-0.39, 0.29) is 11.3 Å². The lowest BCUT2D eigenvalue weighted by Crippen LogP contribution is -2.08. The molecule has 1 heterocycles. The highest BCUT2D eigenvalue weighted by atomic mass is 32.1. The molecular formula is C14H14N2O4S. The van der Waals surface area contributed by atoms with Crippen molar-refractivity contribution in [3.05, 3.63) is 55.8 Å². The Labute approximate surface area is 125 Å². The zero-order valence-electron chi connectivity index (χ0n) is 11.3. The smallest absolute Gasteiger partial charge is 0.336 e. The zero-order valence-corrected chi connectivity index (χ0v) is 12.1. The first kappa shape index (κ1) is 15.0. The molecule has 1 aromatic heterocycles. The Bertz CT molecular complexity index is 668. The summed E-state index contributed by atoms with van der Waals surface area (Å²) in [6.45, 7) is 2.19. The number of nitrogens with zero attached hydrogens (tertiary/aromatic N) is 1. The summed E-state index contributed by atoms with van der Waals surface area (Å²) in [7, 11) is 0. The molecule has 0 atom stereocenters. The third-order valence-electron chi connectivity index (χ3n) is 3.09. The number of carbonyl (C=O) groups is 1. The van der Waals surface area contributed by atoms with Crippen LogP contribution < -0.4 is 5.32 Å². The molecule has 0 spiro atoms. The third-order valence-corrected chi connectivity index (χ3v) is 4.03. The maximum absolute atomic E-state index is 11.1. The number of nitro benzene ring substituents is 1. The topological polar surface area (TPSA) is 92.5 Å². The van der Waals surface area contributed by atoms with Crippen molar-refractivity contribution in [1.82, 2.24) is 0 Å². The summed E-state index contributed by atoms with van der Waals surface area (Å²) < 4.78 is 0. The number of nitrogens with one attached hydrogen (secondary N) is 1. The number of hydrogen-bond acceptors (Lipinski definition) is 5. The van der Waals surface area contributed by atoms with Gasteiger partial charge < -0.3 is 10.4 Å². The van der Waals surface area contributed by atoms with Crippen LogP contribution in [0, 0.1) is 17.0 Å². The Kier molecular flexibility index (Phi) is 4.54. The fraction of sp³-hybridized carbons (Fsp3) is 0.214. The number of carboxylic acids is 1. The maximum Gasteiger partial charge on any atom is 0.336 e. The van der Waals surface area contributed by atoms with Crippen LogP contribution in [-0.4, -0.2) is 22.5 Å². The van der Waals surface area contributed by atoms with E-state index >= 15 is 0 Å². The number of rotatable bonds is 6. The number of aromatic carboxylic acids is 1. The molecule has 0 saturated carbocycles. The largest absolute Gasteiger partial charge is 0.478 e. The summed E-state index contributed by atoms with van der Waals surface area (Å²) in [5, 5.41) is 25.1. The van der Waals surface area contributed by atoms with Crippen molar-refractivity contribution in [2.24, 2.45) is 0 Å². The predicted octanol–water partition coefficient (Wildman–Crippen LogP) is 3.32. The standard InChI is InChI=1S/C14H14N2O4S/c1-9-12(15-5-4-11-3-2-6-21-11)7-10(14(17)18)8-13(9)16(19)20/h2-3,6-8,15H,4-5H2,1H3,(H,17,18). The van der Waals surface area contributed by atoms with Crippen LogP contribution in [0.2, 0.25) is 0 Å². The first-order valence-corrected chi connectivity index (χ1v) is 7.15. The summed E-state index contributed by atoms with van der Waals surface area (Å²) in [6.07, 6.45) is 0.780. The Morgan fingerprint density at radius 2 is 2.24 bits per heavy atom. The van der Waals surface area contributed by atoms with E-state index in [4.69, 9.17) is 5.11 Å². The zero-order chi connectivity index (χ0) is 15.4. The fourth-order valence-corrected chi connectivity index (χ4v) is 2.68. The molecule has 0 unspecified atom stereocenters. The molecule has 0 saturated heterocycles. The quantitative estimate of drug-likeness (QED) is 0.631. The van der Waals surface area contributed by atoms with E-state index in [1.54, 1.807) is 18.3 Å². The molecule has 0 fully saturated rings. The van der Waals surface area contributed by atoms with Crippen LogP contribution in [0.4, 0.5) is 11.4 Å². The number of benzene rings is 1. The van der Waals surface area contributed by atoms with E-state index in [9.17, 15) is 14.9 Å². The molecule has 0 radical (unpaired) electrons. The van der Waals surface area contributed by atoms with Gasteiger partial charge in [-0.15, -0.1) is 11.3 Å². The molecule has 110 valence electrons. The summed E-state index contributed by atoms with van der Waals surface area (Å²) in [6, 6.07) is 6.48. The summed E-state index contributed by atoms with van der Waals surface area (Å²) in [4.78, 5) is 22.7. The van der Waals surface area contributed by atoms with E-state index in [1.165, 1.54) is 10.9 Å². The number of thiophene rings is 1. The molecule has 6 nitrogen and oxygen atoms in total. The number of nitro groups is 1. The SMILES string of the molecule is Cc1c(NCCc2cccs2)cc(C(=O)O)cc1[N+](=O)[O-]. The van der Waals surface area contributed by atoms with E-state index in [0.29, 0.717) is 17.8 Å². The van der Waals surface area contributed by atoms with Crippen molar-refractivity contribution in [3.8, 4) is 0 Å². The number of hydrogen-bond donors (Lipinski definition) is 2. The number of anilines is 1. The monoisotopic (exact) mass is 306 g/mol. The van der Waals surface area contributed by atoms with Gasteiger partial charge in [-0.3, -0.25) is 10.1 Å². The Balaban J connectivity index is 2.20. The Hall–Kier alpha value is -2.41. The van der Waals surface area contributed by atoms with Crippen molar-refractivity contribution in [2.45, 2.75) is 13.3 Å². The second kappa shape index (κ2) is 6.36. The first-order chi connectivity index (χ1) is 9.99. The molecule has 7 heteroatoms. The van der Waals surface area contributed by atoms with Crippen LogP contribution in [0.3, 0.4) is 0 Å². The summed E-state index contributed by atoms with van der Waals surface area (Å²) in [5.74, 6) is -1.18. The molecular weight excluding hydrogens is 292 g/mol. The maximum atomic E-state index is 11.1. The minimum atomic E-state index is -1.18. The fourth-order valence-electron chi connectivity index (χ4n) is 1.97. The minimum absolute atomic E-state index is 0.0917. The predicted molar refractivity (Wildman–Crippen MR) is 81.3 cm³/mol. The molecule has 2 N–H and O–H groups in total. The van der Waals surface area contributed by atoms with E-state index in [2.05, 4.69) is 5.32 Å². The lowest BCUT2D eigenvalue weighted by atomic mass is 10.1. The third kappa shape index (κ3) is 3.57. The van der Waals surface area contributed by atoms with Gasteiger partial charge in [0.25, 0.3) is 5.69 Å². The normalized spacial score (nSPS) is 10.3. The van der Waals surface area contributed by atoms with Crippen molar-refractivity contribution >= 4 is 28.7 Å². The second-order valence-electron chi connectivity index (χ2n) is 4.49. The highest BCUT2D eigenvalue weighted by Gasteiger charge is 2.18. The van der Waals surface area contributed by atoms with Crippen LogP contribution in [0.5, 0.6) is 0 Å². The van der Waals surface area contributed by atoms with Crippen LogP contribution in [0.15, 0.2) is 29.6 Å². The molecule has 0 aliphatic heterocycles. The molecule has 21 heavy (non-hydrogen) atoms. The van der Waals surface area contributed by atoms with E-state index in [0.717, 1.165) is 12.5 Å². The van der Waals surface area contributed by atoms with Crippen molar-refractivity contribution in [2.75, 3.05) is 11.9 Å². The molecule has 0 aliphatic carbocycles. The first-order valence-electron chi connectivity index (χ1n) is 6.27. The van der Waals surface area contributed by atoms with Gasteiger partial charge in [0.15, 0.2) is 0 Å². The van der Waals surface area contributed by atoms with Gasteiger partial charge in [-0.05, 0) is 30.9 Å². The Morgan fingerprint density at radius 3 is 2.81 bits per heavy atom. The van der Waals surface area contributed by atoms with Crippen LogP contribution in [-0.2, 0) is 6.42 Å². The van der Waals surface area contributed by atoms with Gasteiger partial charge >= 0.3 is 5.97 Å². The Morgan fingerprint density at radius 1 is 1.48 bits per heavy atom. The lowest BCUT2D eigenvalue weighted by molar-refractivity contribution is -0.385. The highest BCUT2D eigenvalue weighted by Crippen LogP contribution is 2.28. The number of carboxylic acid groups (broad SMARTS) is 1. The van der Waals surface area contributed by atoms with Gasteiger partial charge in [-0.2, -0.15) is 0 Å². The molecule has 2 aromatic rings. The van der Waals surface area contributed by atoms with Gasteiger partial charge in [-0.1, -0.05) is 6.07 Å². The van der Waals surface area contributed by atoms with Gasteiger partial charge in [-0.25, -0.2) is 4.79 Å². The van der Waals surface area contributed by atoms with Crippen LogP contribution >= 0.6 is 11.3 Å². The highest BCUT2D eigenvalue weighted by molar-refractivity contribution is 7.09. The second-order valence-corrected chi connectivity index (χ2v) is 5.52. The summed E-state index contributed by atoms with van der Waals surface area (Å²) in [5.41, 5.74) is 0.647. The van der Waals surface area contributed by atoms with Crippen molar-refractivity contribution < 1.29 is 14.8 Å². The molecule has 0 aliphatic rings. The van der Waals surface area contributed by atoms with Gasteiger partial charge in [0, 0.05) is 28.7 Å². The average Bonchev–Trinajstić information content (AvgIpc) is 2.93. The van der Waals surface area contributed by atoms with E-state index < -0.39 is 10.9 Å². The molecule has 2 rings (SSSR count). The van der Waals surface area contributed by atoms with Gasteiger partial charge in [0.2, 0.25) is 0 Å².